The van der Waals surface area contributed by atoms with Gasteiger partial charge < -0.3 is 5.11 Å². The van der Waals surface area contributed by atoms with Crippen molar-refractivity contribution in [2.45, 2.75) is 12.6 Å². The maximum absolute atomic E-state index is 9.05. The first kappa shape index (κ1) is 8.69. The molecule has 66 valence electrons. The molecule has 0 saturated carbocycles. The van der Waals surface area contributed by atoms with Gasteiger partial charge in [-0.25, -0.2) is 0 Å². The first-order chi connectivity index (χ1) is 5.74. The van der Waals surface area contributed by atoms with Crippen LogP contribution in [0.3, 0.4) is 0 Å². The van der Waals surface area contributed by atoms with Gasteiger partial charge in [0.1, 0.15) is 0 Å². The third kappa shape index (κ3) is 1.88. The third-order valence-corrected chi connectivity index (χ3v) is 3.52. The van der Waals surface area contributed by atoms with Crippen molar-refractivity contribution < 1.29 is 5.11 Å². The van der Waals surface area contributed by atoms with Crippen molar-refractivity contribution in [3.63, 3.8) is 0 Å². The Kier molecular flexibility index (Phi) is 2.50. The van der Waals surface area contributed by atoms with E-state index in [4.69, 9.17) is 5.11 Å². The Morgan fingerprint density at radius 3 is 2.92 bits per heavy atom. The molecule has 12 heavy (non-hydrogen) atoms. The molecule has 0 radical (unpaired) electrons. The Balaban J connectivity index is 1.88. The smallest absolute Gasteiger partial charge is 0.0794 e. The molecule has 2 rings (SSSR count). The molecule has 2 heterocycles. The van der Waals surface area contributed by atoms with Crippen molar-refractivity contribution in [3.05, 3.63) is 20.8 Å². The SMILES string of the molecule is OC1CN(Cc2csc(Br)c2)C1. The van der Waals surface area contributed by atoms with Crippen molar-refractivity contribution in [1.82, 2.24) is 4.90 Å². The molecule has 1 aromatic rings. The zero-order valence-electron chi connectivity index (χ0n) is 6.53. The molecule has 1 fully saturated rings. The molecule has 4 heteroatoms. The molecule has 0 unspecified atom stereocenters. The van der Waals surface area contributed by atoms with Crippen molar-refractivity contribution >= 4 is 27.3 Å². The highest BCUT2D eigenvalue weighted by atomic mass is 79.9. The molecule has 0 bridgehead atoms. The fraction of sp³-hybridized carbons (Fsp3) is 0.500. The number of rotatable bonds is 2. The average Bonchev–Trinajstić information content (AvgIpc) is 2.33. The summed E-state index contributed by atoms with van der Waals surface area (Å²) in [6.45, 7) is 2.63. The van der Waals surface area contributed by atoms with Crippen LogP contribution >= 0.6 is 27.3 Å². The summed E-state index contributed by atoms with van der Waals surface area (Å²) in [6, 6.07) is 2.13. The standard InChI is InChI=1S/C8H10BrNOS/c9-8-1-6(5-12-8)2-10-3-7(11)4-10/h1,5,7,11H,2-4H2. The first-order valence-electron chi connectivity index (χ1n) is 3.87. The second-order valence-electron chi connectivity index (χ2n) is 3.11. The highest BCUT2D eigenvalue weighted by Crippen LogP contribution is 2.23. The number of likely N-dealkylation sites (tertiary alicyclic amines) is 1. The minimum atomic E-state index is -0.0907. The van der Waals surface area contributed by atoms with Crippen molar-refractivity contribution in [3.8, 4) is 0 Å². The zero-order valence-corrected chi connectivity index (χ0v) is 8.94. The van der Waals surface area contributed by atoms with Gasteiger partial charge in [-0.05, 0) is 32.9 Å². The highest BCUT2D eigenvalue weighted by Gasteiger charge is 2.23. The van der Waals surface area contributed by atoms with Gasteiger partial charge in [-0.2, -0.15) is 0 Å². The first-order valence-corrected chi connectivity index (χ1v) is 5.54. The van der Waals surface area contributed by atoms with Crippen LogP contribution in [-0.2, 0) is 6.54 Å². The number of thiophene rings is 1. The lowest BCUT2D eigenvalue weighted by atomic mass is 10.1. The molecule has 1 aliphatic rings. The topological polar surface area (TPSA) is 23.5 Å². The summed E-state index contributed by atoms with van der Waals surface area (Å²) in [5, 5.41) is 11.2. The van der Waals surface area contributed by atoms with E-state index in [1.165, 1.54) is 9.35 Å². The predicted octanol–water partition coefficient (Wildman–Crippen LogP) is 1.69. The molecule has 0 aromatic carbocycles. The lowest BCUT2D eigenvalue weighted by Gasteiger charge is -2.35. The number of halogens is 1. The molecular weight excluding hydrogens is 238 g/mol. The Hall–Kier alpha value is 0.100. The van der Waals surface area contributed by atoms with E-state index in [2.05, 4.69) is 32.3 Å². The highest BCUT2D eigenvalue weighted by molar-refractivity contribution is 9.11. The molecule has 1 aromatic heterocycles. The Bertz CT molecular complexity index is 270. The lowest BCUT2D eigenvalue weighted by molar-refractivity contribution is -0.00279. The lowest BCUT2D eigenvalue weighted by Crippen LogP contribution is -2.49. The maximum atomic E-state index is 9.05. The van der Waals surface area contributed by atoms with E-state index in [1.807, 2.05) is 0 Å². The van der Waals surface area contributed by atoms with Gasteiger partial charge in [0.2, 0.25) is 0 Å². The van der Waals surface area contributed by atoms with E-state index < -0.39 is 0 Å². The third-order valence-electron chi connectivity index (χ3n) is 1.97. The molecule has 1 N–H and O–H groups in total. The van der Waals surface area contributed by atoms with E-state index in [-0.39, 0.29) is 6.10 Å². The average molecular weight is 248 g/mol. The van der Waals surface area contributed by atoms with Gasteiger partial charge in [0.15, 0.2) is 0 Å². The van der Waals surface area contributed by atoms with Crippen LogP contribution in [0, 0.1) is 0 Å². The van der Waals surface area contributed by atoms with Gasteiger partial charge in [-0.15, -0.1) is 11.3 Å². The van der Waals surface area contributed by atoms with E-state index >= 15 is 0 Å². The Labute approximate surface area is 83.9 Å². The van der Waals surface area contributed by atoms with E-state index in [1.54, 1.807) is 11.3 Å². The van der Waals surface area contributed by atoms with Crippen LogP contribution in [-0.4, -0.2) is 29.2 Å². The fourth-order valence-corrected chi connectivity index (χ4v) is 2.56. The Morgan fingerprint density at radius 1 is 1.67 bits per heavy atom. The van der Waals surface area contributed by atoms with Crippen LogP contribution in [0.5, 0.6) is 0 Å². The summed E-state index contributed by atoms with van der Waals surface area (Å²) >= 11 is 5.13. The summed E-state index contributed by atoms with van der Waals surface area (Å²) < 4.78 is 1.18. The van der Waals surface area contributed by atoms with Crippen LogP contribution < -0.4 is 0 Å². The minimum absolute atomic E-state index is 0.0907. The van der Waals surface area contributed by atoms with Gasteiger partial charge in [-0.1, -0.05) is 0 Å². The zero-order chi connectivity index (χ0) is 8.55. The molecule has 0 spiro atoms. The molecule has 1 aliphatic heterocycles. The van der Waals surface area contributed by atoms with Crippen LogP contribution in [0.1, 0.15) is 5.56 Å². The summed E-state index contributed by atoms with van der Waals surface area (Å²) in [7, 11) is 0. The van der Waals surface area contributed by atoms with Crippen molar-refractivity contribution in [1.29, 1.82) is 0 Å². The van der Waals surface area contributed by atoms with Crippen LogP contribution in [0.25, 0.3) is 0 Å². The normalized spacial score (nSPS) is 19.5. The van der Waals surface area contributed by atoms with Gasteiger partial charge in [0.05, 0.1) is 9.89 Å². The number of nitrogens with zero attached hydrogens (tertiary/aromatic N) is 1. The molecule has 0 amide bonds. The molecular formula is C8H10BrNOS. The number of hydrogen-bond donors (Lipinski definition) is 1. The fourth-order valence-electron chi connectivity index (χ4n) is 1.36. The molecule has 2 nitrogen and oxygen atoms in total. The van der Waals surface area contributed by atoms with E-state index in [0.717, 1.165) is 19.6 Å². The second-order valence-corrected chi connectivity index (χ2v) is 5.40. The van der Waals surface area contributed by atoms with Crippen molar-refractivity contribution in [2.24, 2.45) is 0 Å². The van der Waals surface area contributed by atoms with E-state index in [0.29, 0.717) is 0 Å². The summed E-state index contributed by atoms with van der Waals surface area (Å²) in [4.78, 5) is 2.24. The van der Waals surface area contributed by atoms with Crippen LogP contribution in [0.15, 0.2) is 15.2 Å². The van der Waals surface area contributed by atoms with Crippen LogP contribution in [0.4, 0.5) is 0 Å². The second kappa shape index (κ2) is 3.46. The number of hydrogen-bond acceptors (Lipinski definition) is 3. The molecule has 0 aliphatic carbocycles. The summed E-state index contributed by atoms with van der Waals surface area (Å²) in [5.74, 6) is 0. The van der Waals surface area contributed by atoms with Crippen molar-refractivity contribution in [2.75, 3.05) is 13.1 Å². The van der Waals surface area contributed by atoms with Gasteiger partial charge in [0, 0.05) is 19.6 Å². The summed E-state index contributed by atoms with van der Waals surface area (Å²) in [5.41, 5.74) is 1.33. The maximum Gasteiger partial charge on any atom is 0.0794 e. The predicted molar refractivity (Wildman–Crippen MR) is 53.3 cm³/mol. The number of aliphatic hydroxyl groups excluding tert-OH is 1. The van der Waals surface area contributed by atoms with E-state index in [9.17, 15) is 0 Å². The number of aliphatic hydroxyl groups is 1. The van der Waals surface area contributed by atoms with Gasteiger partial charge >= 0.3 is 0 Å². The quantitative estimate of drug-likeness (QED) is 0.860. The number of β-amino-alcohol motifs (C(OH)–C–C–N with tert-alkyl or cyclic N) is 1. The Morgan fingerprint density at radius 2 is 2.42 bits per heavy atom. The monoisotopic (exact) mass is 247 g/mol. The molecule has 1 saturated heterocycles. The van der Waals surface area contributed by atoms with Gasteiger partial charge in [-0.3, -0.25) is 4.90 Å². The minimum Gasteiger partial charge on any atom is -0.390 e. The molecule has 0 atom stereocenters. The largest absolute Gasteiger partial charge is 0.390 e. The van der Waals surface area contributed by atoms with Crippen LogP contribution in [0.2, 0.25) is 0 Å². The van der Waals surface area contributed by atoms with Gasteiger partial charge in [0.25, 0.3) is 0 Å². The summed E-state index contributed by atoms with van der Waals surface area (Å²) in [6.07, 6.45) is -0.0907.